The third-order valence-electron chi connectivity index (χ3n) is 4.00. The monoisotopic (exact) mass is 366 g/mol. The topological polar surface area (TPSA) is 25.2 Å². The van der Waals surface area contributed by atoms with Gasteiger partial charge in [0.2, 0.25) is 0 Å². The number of amides is 1. The second-order valence-corrected chi connectivity index (χ2v) is 6.98. The molecule has 0 atom stereocenters. The van der Waals surface area contributed by atoms with Gasteiger partial charge in [0.15, 0.2) is 4.84 Å². The maximum atomic E-state index is 12.3. The number of hydrogen-bond donors (Lipinski definition) is 0. The molecular formula is C19H24Cl2N2O. The van der Waals surface area contributed by atoms with E-state index >= 15 is 0 Å². The molecule has 0 aliphatic heterocycles. The first-order valence-corrected chi connectivity index (χ1v) is 9.24. The molecule has 0 spiro atoms. The van der Waals surface area contributed by atoms with Gasteiger partial charge >= 0.3 is 0 Å². The molecule has 1 aromatic carbocycles. The summed E-state index contributed by atoms with van der Waals surface area (Å²) in [6, 6.07) is 14.3. The second-order valence-electron chi connectivity index (χ2n) is 5.88. The minimum absolute atomic E-state index is 0.220. The van der Waals surface area contributed by atoms with Crippen molar-refractivity contribution in [2.75, 3.05) is 6.54 Å². The van der Waals surface area contributed by atoms with Gasteiger partial charge in [0.25, 0.3) is 5.91 Å². The fraction of sp³-hybridized carbons (Fsp3) is 0.421. The van der Waals surface area contributed by atoms with Gasteiger partial charge in [-0.15, -0.1) is 0 Å². The van der Waals surface area contributed by atoms with Crippen LogP contribution in [0.4, 0.5) is 0 Å². The van der Waals surface area contributed by atoms with Gasteiger partial charge < -0.3 is 9.47 Å². The number of alkyl halides is 2. The summed E-state index contributed by atoms with van der Waals surface area (Å²) in [5.74, 6) is -0.220. The number of aromatic nitrogens is 1. The van der Waals surface area contributed by atoms with Crippen molar-refractivity contribution in [3.05, 3.63) is 59.9 Å². The maximum Gasteiger partial charge on any atom is 0.256 e. The molecule has 0 radical (unpaired) electrons. The SMILES string of the molecule is CCCCCN(Cc1cccn1Cc1ccccc1)C(=O)C(Cl)Cl. The molecule has 0 aliphatic rings. The average Bonchev–Trinajstić information content (AvgIpc) is 3.01. The lowest BCUT2D eigenvalue weighted by atomic mass is 10.2. The van der Waals surface area contributed by atoms with Crippen molar-refractivity contribution in [2.24, 2.45) is 0 Å². The highest BCUT2D eigenvalue weighted by molar-refractivity contribution is 6.53. The number of carbonyl (C=O) groups is 1. The molecule has 2 rings (SSSR count). The first-order valence-electron chi connectivity index (χ1n) is 8.36. The van der Waals surface area contributed by atoms with Crippen molar-refractivity contribution in [3.8, 4) is 0 Å². The zero-order valence-electron chi connectivity index (χ0n) is 14.0. The molecule has 2 aromatic rings. The normalized spacial score (nSPS) is 11.0. The van der Waals surface area contributed by atoms with E-state index in [1.54, 1.807) is 4.90 Å². The Bertz CT molecular complexity index is 625. The lowest BCUT2D eigenvalue weighted by Gasteiger charge is -2.24. The molecule has 0 bridgehead atoms. The largest absolute Gasteiger partial charge is 0.345 e. The van der Waals surface area contributed by atoms with E-state index in [0.717, 1.165) is 31.5 Å². The molecule has 0 saturated heterocycles. The Balaban J connectivity index is 2.08. The van der Waals surface area contributed by atoms with Crippen LogP contribution in [0.5, 0.6) is 0 Å². The molecule has 0 aliphatic carbocycles. The first kappa shape index (κ1) is 18.9. The van der Waals surface area contributed by atoms with Crippen molar-refractivity contribution in [1.29, 1.82) is 0 Å². The third-order valence-corrected chi connectivity index (χ3v) is 4.38. The van der Waals surface area contributed by atoms with Crippen molar-refractivity contribution in [1.82, 2.24) is 9.47 Å². The Morgan fingerprint density at radius 1 is 1.12 bits per heavy atom. The van der Waals surface area contributed by atoms with Gasteiger partial charge in [-0.3, -0.25) is 4.79 Å². The van der Waals surface area contributed by atoms with Gasteiger partial charge in [0, 0.05) is 25.0 Å². The van der Waals surface area contributed by atoms with Gasteiger partial charge in [0.1, 0.15) is 0 Å². The zero-order chi connectivity index (χ0) is 17.4. The van der Waals surface area contributed by atoms with Crippen LogP contribution >= 0.6 is 23.2 Å². The highest BCUT2D eigenvalue weighted by Gasteiger charge is 2.21. The molecule has 1 aromatic heterocycles. The van der Waals surface area contributed by atoms with Gasteiger partial charge in [-0.25, -0.2) is 0 Å². The molecule has 0 saturated carbocycles. The lowest BCUT2D eigenvalue weighted by molar-refractivity contribution is -0.130. The van der Waals surface area contributed by atoms with Crippen LogP contribution in [0, 0.1) is 0 Å². The molecule has 0 unspecified atom stereocenters. The third kappa shape index (κ3) is 5.57. The van der Waals surface area contributed by atoms with Crippen LogP contribution in [-0.4, -0.2) is 26.8 Å². The fourth-order valence-electron chi connectivity index (χ4n) is 2.68. The molecule has 130 valence electrons. The van der Waals surface area contributed by atoms with E-state index < -0.39 is 4.84 Å². The summed E-state index contributed by atoms with van der Waals surface area (Å²) >= 11 is 11.6. The Kier molecular flexibility index (Phi) is 7.67. The molecule has 5 heteroatoms. The molecule has 1 amide bonds. The van der Waals surface area contributed by atoms with Gasteiger partial charge in [-0.1, -0.05) is 73.3 Å². The summed E-state index contributed by atoms with van der Waals surface area (Å²) in [7, 11) is 0. The van der Waals surface area contributed by atoms with Crippen LogP contribution in [0.15, 0.2) is 48.7 Å². The summed E-state index contributed by atoms with van der Waals surface area (Å²) in [6.07, 6.45) is 5.19. The highest BCUT2D eigenvalue weighted by atomic mass is 35.5. The fourth-order valence-corrected chi connectivity index (χ4v) is 2.96. The predicted octanol–water partition coefficient (Wildman–Crippen LogP) is 4.86. The van der Waals surface area contributed by atoms with Crippen molar-refractivity contribution < 1.29 is 4.79 Å². The van der Waals surface area contributed by atoms with E-state index in [1.807, 2.05) is 36.5 Å². The molecule has 1 heterocycles. The Labute approximate surface area is 154 Å². The van der Waals surface area contributed by atoms with Gasteiger partial charge in [0.05, 0.1) is 6.54 Å². The minimum atomic E-state index is -1.01. The van der Waals surface area contributed by atoms with E-state index in [2.05, 4.69) is 23.6 Å². The number of benzene rings is 1. The summed E-state index contributed by atoms with van der Waals surface area (Å²) in [5.41, 5.74) is 2.31. The molecular weight excluding hydrogens is 343 g/mol. The maximum absolute atomic E-state index is 12.3. The summed E-state index contributed by atoms with van der Waals surface area (Å²) < 4.78 is 2.16. The standard InChI is InChI=1S/C19H24Cl2N2O/c1-2-3-7-12-23(19(24)18(20)21)15-17-11-8-13-22(17)14-16-9-5-4-6-10-16/h4-6,8-11,13,18H,2-3,7,12,14-15H2,1H3. The van der Waals surface area contributed by atoms with Crippen LogP contribution in [0.3, 0.4) is 0 Å². The van der Waals surface area contributed by atoms with Gasteiger partial charge in [-0.2, -0.15) is 0 Å². The number of rotatable bonds is 9. The quantitative estimate of drug-likeness (QED) is 0.459. The molecule has 0 fully saturated rings. The Hall–Kier alpha value is -1.45. The smallest absolute Gasteiger partial charge is 0.256 e. The van der Waals surface area contributed by atoms with Crippen LogP contribution in [0.2, 0.25) is 0 Å². The van der Waals surface area contributed by atoms with Crippen LogP contribution in [0.25, 0.3) is 0 Å². The highest BCUT2D eigenvalue weighted by Crippen LogP contribution is 2.15. The van der Waals surface area contributed by atoms with E-state index in [-0.39, 0.29) is 5.91 Å². The van der Waals surface area contributed by atoms with Crippen LogP contribution in [-0.2, 0) is 17.9 Å². The van der Waals surface area contributed by atoms with Crippen LogP contribution < -0.4 is 0 Å². The number of halogens is 2. The molecule has 3 nitrogen and oxygen atoms in total. The Morgan fingerprint density at radius 2 is 1.88 bits per heavy atom. The lowest BCUT2D eigenvalue weighted by Crippen LogP contribution is -2.35. The number of unbranched alkanes of at least 4 members (excludes halogenated alkanes) is 2. The molecule has 0 N–H and O–H groups in total. The second kappa shape index (κ2) is 9.75. The van der Waals surface area contributed by atoms with Crippen molar-refractivity contribution in [3.63, 3.8) is 0 Å². The van der Waals surface area contributed by atoms with Crippen molar-refractivity contribution in [2.45, 2.75) is 44.1 Å². The predicted molar refractivity (Wildman–Crippen MR) is 100 cm³/mol. The minimum Gasteiger partial charge on any atom is -0.345 e. The van der Waals surface area contributed by atoms with E-state index in [4.69, 9.17) is 23.2 Å². The number of hydrogen-bond acceptors (Lipinski definition) is 1. The zero-order valence-corrected chi connectivity index (χ0v) is 15.5. The summed E-state index contributed by atoms with van der Waals surface area (Å²) in [6.45, 7) is 4.13. The summed E-state index contributed by atoms with van der Waals surface area (Å²) in [5, 5.41) is 0. The summed E-state index contributed by atoms with van der Waals surface area (Å²) in [4.78, 5) is 13.0. The van der Waals surface area contributed by atoms with Crippen molar-refractivity contribution >= 4 is 29.1 Å². The van der Waals surface area contributed by atoms with E-state index in [9.17, 15) is 4.79 Å². The average molecular weight is 367 g/mol. The van der Waals surface area contributed by atoms with Crippen LogP contribution in [0.1, 0.15) is 37.4 Å². The van der Waals surface area contributed by atoms with E-state index in [1.165, 1.54) is 5.56 Å². The first-order chi connectivity index (χ1) is 11.6. The number of nitrogens with zero attached hydrogens (tertiary/aromatic N) is 2. The van der Waals surface area contributed by atoms with Gasteiger partial charge in [-0.05, 0) is 24.1 Å². The number of carbonyl (C=O) groups excluding carboxylic acids is 1. The van der Waals surface area contributed by atoms with E-state index in [0.29, 0.717) is 13.1 Å². The molecule has 24 heavy (non-hydrogen) atoms. The Morgan fingerprint density at radius 3 is 2.54 bits per heavy atom.